The van der Waals surface area contributed by atoms with E-state index in [2.05, 4.69) is 24.0 Å². The van der Waals surface area contributed by atoms with E-state index < -0.39 is 0 Å². The van der Waals surface area contributed by atoms with E-state index in [1.807, 2.05) is 48.5 Å². The maximum absolute atomic E-state index is 13.8. The van der Waals surface area contributed by atoms with E-state index in [9.17, 15) is 19.2 Å². The highest BCUT2D eigenvalue weighted by Gasteiger charge is 2.52. The van der Waals surface area contributed by atoms with Gasteiger partial charge >= 0.3 is 0 Å². The lowest BCUT2D eigenvalue weighted by Crippen LogP contribution is -2.35. The molecular weight excluding hydrogens is 532 g/mol. The van der Waals surface area contributed by atoms with Gasteiger partial charge in [-0.25, -0.2) is 9.59 Å². The molecule has 198 valence electrons. The summed E-state index contributed by atoms with van der Waals surface area (Å²) < 4.78 is 0. The molecule has 9 rings (SSSR count). The molecule has 0 bridgehead atoms. The molecule has 43 heavy (non-hydrogen) atoms. The summed E-state index contributed by atoms with van der Waals surface area (Å²) in [7, 11) is 0. The Morgan fingerprint density at radius 3 is 2.05 bits per heavy atom. The summed E-state index contributed by atoms with van der Waals surface area (Å²) in [5.41, 5.74) is 14.2. The van der Waals surface area contributed by atoms with Crippen LogP contribution in [0.25, 0.3) is 16.7 Å². The van der Waals surface area contributed by atoms with Gasteiger partial charge in [0, 0.05) is 58.3 Å². The van der Waals surface area contributed by atoms with Gasteiger partial charge in [-0.2, -0.15) is 0 Å². The third kappa shape index (κ3) is 2.91. The first kappa shape index (κ1) is 24.0. The van der Waals surface area contributed by atoms with Crippen LogP contribution in [-0.4, -0.2) is 23.4 Å². The van der Waals surface area contributed by atoms with Crippen LogP contribution in [0.2, 0.25) is 0 Å². The van der Waals surface area contributed by atoms with Crippen LogP contribution in [0.15, 0.2) is 129 Å². The Morgan fingerprint density at radius 1 is 0.628 bits per heavy atom. The normalized spacial score (nSPS) is 19.1. The van der Waals surface area contributed by atoms with Crippen LogP contribution in [0.1, 0.15) is 51.9 Å². The zero-order chi connectivity index (χ0) is 29.0. The van der Waals surface area contributed by atoms with E-state index in [-0.39, 0.29) is 24.4 Å². The SMILES string of the molecule is O=C=C1C[C]=C(c2ccccc2C(=O)c2[c]cccc2)C2=C1C1=C2CC(=O)C2=C1C1=C2C2=C(C(=C=O)C1)c1ccccc12. The van der Waals surface area contributed by atoms with Gasteiger partial charge in [0.1, 0.15) is 11.9 Å². The molecule has 0 atom stereocenters. The first-order valence-corrected chi connectivity index (χ1v) is 14.2. The number of hydrogen-bond donors (Lipinski definition) is 0. The number of allylic oxidation sites excluding steroid dienone is 14. The van der Waals surface area contributed by atoms with E-state index in [0.29, 0.717) is 39.8 Å². The number of hydrogen-bond acceptors (Lipinski definition) is 4. The quantitative estimate of drug-likeness (QED) is 0.282. The lowest BCUT2D eigenvalue weighted by molar-refractivity contribution is -0.115. The van der Waals surface area contributed by atoms with E-state index in [1.54, 1.807) is 24.3 Å². The second-order valence-corrected chi connectivity index (χ2v) is 11.3. The Kier molecular flexibility index (Phi) is 4.71. The van der Waals surface area contributed by atoms with Crippen molar-refractivity contribution in [1.29, 1.82) is 0 Å². The predicted octanol–water partition coefficient (Wildman–Crippen LogP) is 6.34. The van der Waals surface area contributed by atoms with Crippen molar-refractivity contribution in [2.45, 2.75) is 19.3 Å². The van der Waals surface area contributed by atoms with Crippen molar-refractivity contribution in [3.8, 4) is 0 Å². The number of Topliss-reactive ketones (excluding diaryl/α,β-unsaturated/α-hetero) is 1. The van der Waals surface area contributed by atoms with Gasteiger partial charge in [-0.3, -0.25) is 9.59 Å². The second-order valence-electron chi connectivity index (χ2n) is 11.3. The minimum atomic E-state index is -0.156. The Hall–Kier alpha value is -5.66. The first-order valence-electron chi connectivity index (χ1n) is 14.2. The third-order valence-electron chi connectivity index (χ3n) is 9.33. The van der Waals surface area contributed by atoms with Crippen LogP contribution < -0.4 is 0 Å². The van der Waals surface area contributed by atoms with Gasteiger partial charge in [0.05, 0.1) is 0 Å². The molecule has 4 nitrogen and oxygen atoms in total. The molecule has 6 aliphatic rings. The van der Waals surface area contributed by atoms with Gasteiger partial charge in [0.15, 0.2) is 11.6 Å². The molecule has 6 aliphatic carbocycles. The lowest BCUT2D eigenvalue weighted by atomic mass is 9.53. The van der Waals surface area contributed by atoms with Crippen molar-refractivity contribution in [2.24, 2.45) is 0 Å². The fraction of sp³-hybridized carbons (Fsp3) is 0.0769. The molecule has 0 aromatic heterocycles. The number of rotatable bonds is 3. The van der Waals surface area contributed by atoms with Crippen molar-refractivity contribution in [1.82, 2.24) is 0 Å². The van der Waals surface area contributed by atoms with Crippen LogP contribution >= 0.6 is 0 Å². The summed E-state index contributed by atoms with van der Waals surface area (Å²) in [6.07, 6.45) is 4.22. The minimum absolute atomic E-state index is 0.0265. The van der Waals surface area contributed by atoms with Gasteiger partial charge in [0.2, 0.25) is 0 Å². The van der Waals surface area contributed by atoms with E-state index in [0.717, 1.165) is 66.9 Å². The standard InChI is InChI=1S/C39H18O4/c40-18-21-14-15-26(23-10-4-7-13-27(23)39(43)20-8-2-1-3-9-20)33-29-17-30(42)38-36-28(37(38)35(29)32(21)33)16-22(19-41)31-24-11-5-6-12-25(24)34(31)36/h1-8,10-13H,14,16-17H2. The minimum Gasteiger partial charge on any atom is -0.294 e. The average molecular weight is 551 g/mol. The van der Waals surface area contributed by atoms with Crippen molar-refractivity contribution >= 4 is 40.2 Å². The number of ketones is 2. The highest BCUT2D eigenvalue weighted by Crippen LogP contribution is 2.66. The zero-order valence-corrected chi connectivity index (χ0v) is 22.7. The summed E-state index contributed by atoms with van der Waals surface area (Å²) in [6, 6.07) is 25.4. The van der Waals surface area contributed by atoms with E-state index in [4.69, 9.17) is 0 Å². The van der Waals surface area contributed by atoms with Gasteiger partial charge in [-0.15, -0.1) is 0 Å². The molecular formula is C39H18O4. The molecule has 3 aromatic rings. The molecule has 0 saturated heterocycles. The molecule has 4 heteroatoms. The van der Waals surface area contributed by atoms with Crippen molar-refractivity contribution < 1.29 is 19.2 Å². The molecule has 0 spiro atoms. The third-order valence-corrected chi connectivity index (χ3v) is 9.33. The van der Waals surface area contributed by atoms with E-state index >= 15 is 0 Å². The number of fused-ring (bicyclic) bond motifs is 9. The molecule has 0 fully saturated rings. The molecule has 0 unspecified atom stereocenters. The number of benzene rings is 3. The molecule has 0 saturated carbocycles. The maximum atomic E-state index is 13.8. The average Bonchev–Trinajstić information content (AvgIpc) is 3.04. The zero-order valence-electron chi connectivity index (χ0n) is 22.7. The van der Waals surface area contributed by atoms with Crippen molar-refractivity contribution in [2.75, 3.05) is 0 Å². The summed E-state index contributed by atoms with van der Waals surface area (Å²) in [5.74, 6) is 4.17. The predicted molar refractivity (Wildman–Crippen MR) is 160 cm³/mol. The van der Waals surface area contributed by atoms with Gasteiger partial charge < -0.3 is 0 Å². The topological polar surface area (TPSA) is 68.3 Å². The van der Waals surface area contributed by atoms with E-state index in [1.165, 1.54) is 0 Å². The Bertz CT molecular complexity index is 2260. The molecule has 0 aliphatic heterocycles. The van der Waals surface area contributed by atoms with Crippen LogP contribution in [-0.2, 0) is 14.4 Å². The number of carbonyl (C=O) groups excluding carboxylic acids is 4. The first-order chi connectivity index (χ1) is 21.1. The van der Waals surface area contributed by atoms with Crippen molar-refractivity contribution in [3.63, 3.8) is 0 Å². The summed E-state index contributed by atoms with van der Waals surface area (Å²) in [6.45, 7) is 0. The fourth-order valence-corrected chi connectivity index (χ4v) is 7.57. The van der Waals surface area contributed by atoms with Crippen LogP contribution in [0.5, 0.6) is 0 Å². The molecule has 2 radical (unpaired) electrons. The lowest BCUT2D eigenvalue weighted by Gasteiger charge is -2.48. The van der Waals surface area contributed by atoms with Crippen molar-refractivity contribution in [3.05, 3.63) is 168 Å². The van der Waals surface area contributed by atoms with Crippen LogP contribution in [0.3, 0.4) is 0 Å². The highest BCUT2D eigenvalue weighted by atomic mass is 16.1. The van der Waals surface area contributed by atoms with Gasteiger partial charge in [-0.05, 0) is 73.4 Å². The number of carbonyl (C=O) groups is 2. The maximum Gasteiger partial charge on any atom is 0.194 e. The Morgan fingerprint density at radius 2 is 1.30 bits per heavy atom. The van der Waals surface area contributed by atoms with Crippen LogP contribution in [0, 0.1) is 12.1 Å². The van der Waals surface area contributed by atoms with Gasteiger partial charge in [0.25, 0.3) is 0 Å². The molecule has 0 N–H and O–H groups in total. The Balaban J connectivity index is 1.17. The fourth-order valence-electron chi connectivity index (χ4n) is 7.57. The molecule has 0 heterocycles. The Labute approximate surface area is 246 Å². The largest absolute Gasteiger partial charge is 0.294 e. The monoisotopic (exact) mass is 550 g/mol. The summed E-state index contributed by atoms with van der Waals surface area (Å²) in [4.78, 5) is 51.8. The van der Waals surface area contributed by atoms with Crippen LogP contribution in [0.4, 0.5) is 0 Å². The molecule has 0 amide bonds. The summed E-state index contributed by atoms with van der Waals surface area (Å²) >= 11 is 0. The van der Waals surface area contributed by atoms with Gasteiger partial charge in [-0.1, -0.05) is 72.8 Å². The summed E-state index contributed by atoms with van der Waals surface area (Å²) in [5, 5.41) is 0. The highest BCUT2D eigenvalue weighted by molar-refractivity contribution is 6.27. The second kappa shape index (κ2) is 8.44. The smallest absolute Gasteiger partial charge is 0.194 e. The molecule has 3 aromatic carbocycles.